The molecule has 4 heteroatoms. The lowest BCUT2D eigenvalue weighted by Gasteiger charge is -2.16. The molecular weight excluding hydrogens is 244 g/mol. The number of alkyl halides is 1. The van der Waals surface area contributed by atoms with Crippen molar-refractivity contribution in [2.45, 2.75) is 31.5 Å². The zero-order valence-corrected chi connectivity index (χ0v) is 10.5. The van der Waals surface area contributed by atoms with Crippen molar-refractivity contribution in [1.82, 2.24) is 9.97 Å². The molecule has 0 spiro atoms. The van der Waals surface area contributed by atoms with Crippen LogP contribution < -0.4 is 4.74 Å². The fourth-order valence-electron chi connectivity index (χ4n) is 1.33. The van der Waals surface area contributed by atoms with Gasteiger partial charge in [0.2, 0.25) is 5.88 Å². The van der Waals surface area contributed by atoms with E-state index in [-0.39, 0.29) is 0 Å². The molecule has 78 valence electrons. The fourth-order valence-corrected chi connectivity index (χ4v) is 1.58. The molecule has 0 saturated carbocycles. The Hall–Kier alpha value is -0.640. The van der Waals surface area contributed by atoms with E-state index in [1.165, 1.54) is 0 Å². The molecule has 14 heavy (non-hydrogen) atoms. The minimum atomic E-state index is 0.354. The van der Waals surface area contributed by atoms with E-state index >= 15 is 0 Å². The maximum absolute atomic E-state index is 5.15. The number of ether oxygens (including phenoxy) is 1. The molecule has 1 rings (SSSR count). The van der Waals surface area contributed by atoms with E-state index in [0.29, 0.717) is 16.6 Å². The predicted molar refractivity (Wildman–Crippen MR) is 60.1 cm³/mol. The van der Waals surface area contributed by atoms with Crippen LogP contribution in [0.3, 0.4) is 0 Å². The summed E-state index contributed by atoms with van der Waals surface area (Å²) in [6.45, 7) is 6.23. The van der Waals surface area contributed by atoms with Crippen molar-refractivity contribution in [2.75, 3.05) is 7.11 Å². The first-order chi connectivity index (χ1) is 6.57. The maximum atomic E-state index is 5.15. The summed E-state index contributed by atoms with van der Waals surface area (Å²) in [7, 11) is 1.63. The second kappa shape index (κ2) is 4.73. The van der Waals surface area contributed by atoms with Crippen molar-refractivity contribution < 1.29 is 4.74 Å². The van der Waals surface area contributed by atoms with E-state index in [4.69, 9.17) is 4.74 Å². The molecule has 0 aromatic carbocycles. The Morgan fingerprint density at radius 3 is 2.50 bits per heavy atom. The SMILES string of the molecule is COc1ncnc(C(C)C(C)Br)c1C. The minimum absolute atomic E-state index is 0.354. The average Bonchev–Trinajstić information content (AvgIpc) is 2.17. The molecule has 0 radical (unpaired) electrons. The summed E-state index contributed by atoms with van der Waals surface area (Å²) in [5.74, 6) is 1.02. The smallest absolute Gasteiger partial charge is 0.219 e. The number of hydrogen-bond donors (Lipinski definition) is 0. The normalized spacial score (nSPS) is 14.9. The molecule has 1 aromatic heterocycles. The lowest BCUT2D eigenvalue weighted by Crippen LogP contribution is -2.10. The minimum Gasteiger partial charge on any atom is -0.481 e. The number of rotatable bonds is 3. The van der Waals surface area contributed by atoms with E-state index in [2.05, 4.69) is 39.7 Å². The van der Waals surface area contributed by atoms with Gasteiger partial charge in [0.15, 0.2) is 0 Å². The van der Waals surface area contributed by atoms with E-state index in [9.17, 15) is 0 Å². The fraction of sp³-hybridized carbons (Fsp3) is 0.600. The summed E-state index contributed by atoms with van der Waals surface area (Å²) < 4.78 is 5.15. The van der Waals surface area contributed by atoms with Gasteiger partial charge >= 0.3 is 0 Å². The van der Waals surface area contributed by atoms with E-state index in [1.807, 2.05) is 6.92 Å². The molecule has 0 N–H and O–H groups in total. The van der Waals surface area contributed by atoms with Crippen molar-refractivity contribution in [3.8, 4) is 5.88 Å². The number of halogens is 1. The van der Waals surface area contributed by atoms with Crippen LogP contribution in [0.2, 0.25) is 0 Å². The van der Waals surface area contributed by atoms with Gasteiger partial charge in [-0.15, -0.1) is 0 Å². The highest BCUT2D eigenvalue weighted by Crippen LogP contribution is 2.27. The lowest BCUT2D eigenvalue weighted by molar-refractivity contribution is 0.391. The van der Waals surface area contributed by atoms with Crippen molar-refractivity contribution in [2.24, 2.45) is 0 Å². The number of aromatic nitrogens is 2. The van der Waals surface area contributed by atoms with Crippen LogP contribution in [0.25, 0.3) is 0 Å². The van der Waals surface area contributed by atoms with Gasteiger partial charge in [0.25, 0.3) is 0 Å². The average molecular weight is 259 g/mol. The summed E-state index contributed by atoms with van der Waals surface area (Å²) >= 11 is 3.56. The highest BCUT2D eigenvalue weighted by atomic mass is 79.9. The largest absolute Gasteiger partial charge is 0.481 e. The molecule has 0 aliphatic heterocycles. The van der Waals surface area contributed by atoms with Gasteiger partial charge in [0.05, 0.1) is 12.8 Å². The molecular formula is C10H15BrN2O. The van der Waals surface area contributed by atoms with Crippen molar-refractivity contribution in [3.05, 3.63) is 17.6 Å². The second-order valence-corrected chi connectivity index (χ2v) is 4.80. The molecule has 0 amide bonds. The zero-order valence-electron chi connectivity index (χ0n) is 8.91. The third kappa shape index (κ3) is 2.23. The predicted octanol–water partition coefficient (Wildman–Crippen LogP) is 2.68. The van der Waals surface area contributed by atoms with Crippen LogP contribution in [0.1, 0.15) is 31.0 Å². The summed E-state index contributed by atoms with van der Waals surface area (Å²) in [6, 6.07) is 0. The van der Waals surface area contributed by atoms with Crippen LogP contribution in [0.5, 0.6) is 5.88 Å². The first-order valence-corrected chi connectivity index (χ1v) is 5.49. The van der Waals surface area contributed by atoms with Crippen molar-refractivity contribution in [1.29, 1.82) is 0 Å². The molecule has 3 nitrogen and oxygen atoms in total. The Balaban J connectivity index is 3.09. The summed E-state index contributed by atoms with van der Waals surface area (Å²) in [5, 5.41) is 0. The van der Waals surface area contributed by atoms with Gasteiger partial charge in [0.1, 0.15) is 6.33 Å². The monoisotopic (exact) mass is 258 g/mol. The Morgan fingerprint density at radius 1 is 1.36 bits per heavy atom. The van der Waals surface area contributed by atoms with Crippen LogP contribution in [0.15, 0.2) is 6.33 Å². The molecule has 2 unspecified atom stereocenters. The van der Waals surface area contributed by atoms with Gasteiger partial charge < -0.3 is 4.74 Å². The third-order valence-electron chi connectivity index (χ3n) is 2.39. The van der Waals surface area contributed by atoms with Crippen LogP contribution >= 0.6 is 15.9 Å². The highest BCUT2D eigenvalue weighted by Gasteiger charge is 2.17. The zero-order chi connectivity index (χ0) is 10.7. The van der Waals surface area contributed by atoms with Gasteiger partial charge in [-0.2, -0.15) is 0 Å². The van der Waals surface area contributed by atoms with Crippen molar-refractivity contribution in [3.63, 3.8) is 0 Å². The first kappa shape index (κ1) is 11.4. The van der Waals surface area contributed by atoms with E-state index in [1.54, 1.807) is 13.4 Å². The Bertz CT molecular complexity index is 315. The van der Waals surface area contributed by atoms with Gasteiger partial charge in [0, 0.05) is 16.3 Å². The molecule has 1 heterocycles. The second-order valence-electron chi connectivity index (χ2n) is 3.36. The van der Waals surface area contributed by atoms with Crippen LogP contribution in [-0.4, -0.2) is 21.9 Å². The van der Waals surface area contributed by atoms with E-state index in [0.717, 1.165) is 11.3 Å². The Labute approximate surface area is 93.0 Å². The molecule has 0 fully saturated rings. The number of hydrogen-bond acceptors (Lipinski definition) is 3. The standard InChI is InChI=1S/C10H15BrN2O/c1-6(8(3)11)9-7(2)10(14-4)13-5-12-9/h5-6,8H,1-4H3. The first-order valence-electron chi connectivity index (χ1n) is 4.57. The van der Waals surface area contributed by atoms with Gasteiger partial charge in [-0.25, -0.2) is 9.97 Å². The summed E-state index contributed by atoms with van der Waals surface area (Å²) in [4.78, 5) is 8.73. The topological polar surface area (TPSA) is 35.0 Å². The van der Waals surface area contributed by atoms with E-state index < -0.39 is 0 Å². The van der Waals surface area contributed by atoms with Gasteiger partial charge in [-0.05, 0) is 6.92 Å². The molecule has 0 aliphatic rings. The highest BCUT2D eigenvalue weighted by molar-refractivity contribution is 9.09. The third-order valence-corrected chi connectivity index (χ3v) is 3.18. The summed E-state index contributed by atoms with van der Waals surface area (Å²) in [6.07, 6.45) is 1.55. The van der Waals surface area contributed by atoms with Crippen LogP contribution in [0.4, 0.5) is 0 Å². The molecule has 0 saturated heterocycles. The molecule has 0 bridgehead atoms. The molecule has 0 aliphatic carbocycles. The quantitative estimate of drug-likeness (QED) is 0.783. The number of methoxy groups -OCH3 is 1. The van der Waals surface area contributed by atoms with Crippen molar-refractivity contribution >= 4 is 15.9 Å². The number of nitrogens with zero attached hydrogens (tertiary/aromatic N) is 2. The Kier molecular flexibility index (Phi) is 3.86. The maximum Gasteiger partial charge on any atom is 0.219 e. The van der Waals surface area contributed by atoms with Gasteiger partial charge in [-0.1, -0.05) is 29.8 Å². The summed E-state index contributed by atoms with van der Waals surface area (Å²) in [5.41, 5.74) is 2.06. The van der Waals surface area contributed by atoms with Crippen LogP contribution in [-0.2, 0) is 0 Å². The van der Waals surface area contributed by atoms with Gasteiger partial charge in [-0.3, -0.25) is 0 Å². The Morgan fingerprint density at radius 2 is 2.00 bits per heavy atom. The lowest BCUT2D eigenvalue weighted by atomic mass is 10.0. The molecule has 1 aromatic rings. The molecule has 2 atom stereocenters. The van der Waals surface area contributed by atoms with Crippen LogP contribution in [0, 0.1) is 6.92 Å².